The minimum atomic E-state index is 0.704. The van der Waals surface area contributed by atoms with E-state index in [1.807, 2.05) is 25.1 Å². The third-order valence-electron chi connectivity index (χ3n) is 2.23. The van der Waals surface area contributed by atoms with E-state index in [9.17, 15) is 0 Å². The summed E-state index contributed by atoms with van der Waals surface area (Å²) in [5.74, 6) is 0. The van der Waals surface area contributed by atoms with Gasteiger partial charge in [0.2, 0.25) is 0 Å². The van der Waals surface area contributed by atoms with Crippen LogP contribution in [0.15, 0.2) is 18.2 Å². The second-order valence-corrected chi connectivity index (χ2v) is 3.68. The summed E-state index contributed by atoms with van der Waals surface area (Å²) in [6, 6.07) is 5.59. The summed E-state index contributed by atoms with van der Waals surface area (Å²) in [5, 5.41) is 0.704. The average Bonchev–Trinajstić information content (AvgIpc) is 2.16. The summed E-state index contributed by atoms with van der Waals surface area (Å²) in [5.41, 5.74) is 3.83. The van der Waals surface area contributed by atoms with E-state index in [-0.39, 0.29) is 0 Å². The second kappa shape index (κ2) is 3.54. The third-order valence-corrected chi connectivity index (χ3v) is 2.47. The third kappa shape index (κ3) is 1.58. The van der Waals surface area contributed by atoms with Gasteiger partial charge in [0.1, 0.15) is 0 Å². The van der Waals surface area contributed by atoms with E-state index in [0.29, 0.717) is 5.02 Å². The Labute approximate surface area is 88.0 Å². The molecule has 0 bridgehead atoms. The molecule has 2 nitrogen and oxygen atoms in total. The molecule has 0 saturated carbocycles. The fourth-order valence-electron chi connectivity index (χ4n) is 1.49. The number of aryl methyl sites for hydroxylation is 2. The van der Waals surface area contributed by atoms with Gasteiger partial charge in [-0.3, -0.25) is 0 Å². The molecule has 0 atom stereocenters. The number of aromatic nitrogens is 2. The van der Waals surface area contributed by atoms with Gasteiger partial charge in [-0.1, -0.05) is 18.5 Å². The van der Waals surface area contributed by atoms with E-state index in [1.165, 1.54) is 0 Å². The molecular weight excluding hydrogens is 196 g/mol. The van der Waals surface area contributed by atoms with Crippen molar-refractivity contribution in [3.8, 4) is 0 Å². The van der Waals surface area contributed by atoms with Gasteiger partial charge < -0.3 is 0 Å². The topological polar surface area (TPSA) is 25.8 Å². The summed E-state index contributed by atoms with van der Waals surface area (Å²) in [6.07, 6.45) is 0.914. The fraction of sp³-hybridized carbons (Fsp3) is 0.273. The highest BCUT2D eigenvalue weighted by molar-refractivity contribution is 6.31. The highest BCUT2D eigenvalue weighted by Crippen LogP contribution is 2.17. The summed E-state index contributed by atoms with van der Waals surface area (Å²) in [6.45, 7) is 4.06. The smallest absolute Gasteiger partial charge is 0.0905 e. The number of fused-ring (bicyclic) bond motifs is 1. The van der Waals surface area contributed by atoms with Crippen LogP contribution in [0.2, 0.25) is 5.02 Å². The van der Waals surface area contributed by atoms with E-state index >= 15 is 0 Å². The molecule has 72 valence electrons. The van der Waals surface area contributed by atoms with Crippen molar-refractivity contribution >= 4 is 22.6 Å². The predicted octanol–water partition coefficient (Wildman–Crippen LogP) is 3.15. The van der Waals surface area contributed by atoms with Gasteiger partial charge >= 0.3 is 0 Å². The lowest BCUT2D eigenvalue weighted by molar-refractivity contribution is 0.989. The van der Waals surface area contributed by atoms with Gasteiger partial charge in [-0.15, -0.1) is 0 Å². The van der Waals surface area contributed by atoms with E-state index in [4.69, 9.17) is 11.6 Å². The summed E-state index contributed by atoms with van der Waals surface area (Å²) >= 11 is 5.88. The van der Waals surface area contributed by atoms with Gasteiger partial charge in [-0.05, 0) is 31.5 Å². The van der Waals surface area contributed by atoms with Crippen LogP contribution in [-0.4, -0.2) is 9.97 Å². The van der Waals surface area contributed by atoms with E-state index in [0.717, 1.165) is 28.8 Å². The molecule has 2 rings (SSSR count). The number of benzene rings is 1. The molecule has 0 aliphatic rings. The van der Waals surface area contributed by atoms with Crippen LogP contribution in [0.3, 0.4) is 0 Å². The molecule has 1 aromatic carbocycles. The summed E-state index contributed by atoms with van der Waals surface area (Å²) < 4.78 is 0. The van der Waals surface area contributed by atoms with Gasteiger partial charge in [0.25, 0.3) is 0 Å². The van der Waals surface area contributed by atoms with E-state index < -0.39 is 0 Å². The monoisotopic (exact) mass is 206 g/mol. The minimum absolute atomic E-state index is 0.704. The zero-order valence-electron chi connectivity index (χ0n) is 8.21. The zero-order chi connectivity index (χ0) is 10.1. The van der Waals surface area contributed by atoms with Gasteiger partial charge in [-0.25, -0.2) is 9.97 Å². The SMILES string of the molecule is CCc1nc2ccc(Cl)cc2nc1C. The summed E-state index contributed by atoms with van der Waals surface area (Å²) in [4.78, 5) is 8.97. The lowest BCUT2D eigenvalue weighted by atomic mass is 10.2. The van der Waals surface area contributed by atoms with Crippen molar-refractivity contribution in [1.29, 1.82) is 0 Å². The number of hydrogen-bond acceptors (Lipinski definition) is 2. The highest BCUT2D eigenvalue weighted by atomic mass is 35.5. The molecule has 0 fully saturated rings. The zero-order valence-corrected chi connectivity index (χ0v) is 8.97. The Balaban J connectivity index is 2.73. The van der Waals surface area contributed by atoms with Crippen molar-refractivity contribution in [1.82, 2.24) is 9.97 Å². The van der Waals surface area contributed by atoms with Crippen molar-refractivity contribution in [3.05, 3.63) is 34.6 Å². The lowest BCUT2D eigenvalue weighted by Gasteiger charge is -2.03. The number of hydrogen-bond donors (Lipinski definition) is 0. The number of rotatable bonds is 1. The quantitative estimate of drug-likeness (QED) is 0.717. The Morgan fingerprint density at radius 3 is 2.71 bits per heavy atom. The Hall–Kier alpha value is -1.15. The first kappa shape index (κ1) is 9.41. The number of nitrogens with zero attached hydrogens (tertiary/aromatic N) is 2. The van der Waals surface area contributed by atoms with E-state index in [2.05, 4.69) is 16.9 Å². The Morgan fingerprint density at radius 2 is 2.00 bits per heavy atom. The van der Waals surface area contributed by atoms with Crippen molar-refractivity contribution in [2.45, 2.75) is 20.3 Å². The largest absolute Gasteiger partial charge is 0.250 e. The van der Waals surface area contributed by atoms with Crippen LogP contribution < -0.4 is 0 Å². The molecule has 1 heterocycles. The van der Waals surface area contributed by atoms with Crippen LogP contribution in [0.1, 0.15) is 18.3 Å². The van der Waals surface area contributed by atoms with Crippen LogP contribution in [0.25, 0.3) is 11.0 Å². The maximum Gasteiger partial charge on any atom is 0.0905 e. The molecule has 0 amide bonds. The van der Waals surface area contributed by atoms with E-state index in [1.54, 1.807) is 0 Å². The molecule has 0 aliphatic carbocycles. The highest BCUT2D eigenvalue weighted by Gasteiger charge is 2.03. The van der Waals surface area contributed by atoms with Crippen molar-refractivity contribution < 1.29 is 0 Å². The minimum Gasteiger partial charge on any atom is -0.250 e. The molecule has 0 unspecified atom stereocenters. The van der Waals surface area contributed by atoms with Crippen LogP contribution in [0.5, 0.6) is 0 Å². The second-order valence-electron chi connectivity index (χ2n) is 3.24. The van der Waals surface area contributed by atoms with Gasteiger partial charge in [0, 0.05) is 5.02 Å². The molecule has 1 aromatic heterocycles. The predicted molar refractivity (Wildman–Crippen MR) is 58.7 cm³/mol. The molecule has 0 saturated heterocycles. The van der Waals surface area contributed by atoms with Crippen molar-refractivity contribution in [2.24, 2.45) is 0 Å². The summed E-state index contributed by atoms with van der Waals surface area (Å²) in [7, 11) is 0. The molecule has 0 aliphatic heterocycles. The molecule has 0 N–H and O–H groups in total. The molecule has 2 aromatic rings. The fourth-order valence-corrected chi connectivity index (χ4v) is 1.65. The normalized spacial score (nSPS) is 10.8. The van der Waals surface area contributed by atoms with Crippen LogP contribution in [-0.2, 0) is 6.42 Å². The lowest BCUT2D eigenvalue weighted by Crippen LogP contribution is -1.96. The molecule has 0 spiro atoms. The Kier molecular flexibility index (Phi) is 2.38. The first-order valence-electron chi connectivity index (χ1n) is 4.63. The maximum atomic E-state index is 5.88. The van der Waals surface area contributed by atoms with Gasteiger partial charge in [0.05, 0.1) is 22.4 Å². The molecular formula is C11H11ClN2. The Bertz CT molecular complexity index is 480. The number of halogens is 1. The molecule has 0 radical (unpaired) electrons. The average molecular weight is 207 g/mol. The molecule has 14 heavy (non-hydrogen) atoms. The van der Waals surface area contributed by atoms with Crippen molar-refractivity contribution in [3.63, 3.8) is 0 Å². The Morgan fingerprint density at radius 1 is 1.21 bits per heavy atom. The molecule has 3 heteroatoms. The van der Waals surface area contributed by atoms with Crippen LogP contribution in [0, 0.1) is 6.92 Å². The standard InChI is InChI=1S/C11H11ClN2/c1-3-9-7(2)13-11-6-8(12)4-5-10(11)14-9/h4-6H,3H2,1-2H3. The van der Waals surface area contributed by atoms with Gasteiger partial charge in [0.15, 0.2) is 0 Å². The van der Waals surface area contributed by atoms with Gasteiger partial charge in [-0.2, -0.15) is 0 Å². The van der Waals surface area contributed by atoms with Crippen molar-refractivity contribution in [2.75, 3.05) is 0 Å². The first-order valence-corrected chi connectivity index (χ1v) is 5.01. The maximum absolute atomic E-state index is 5.88. The van der Waals surface area contributed by atoms with Crippen LogP contribution in [0.4, 0.5) is 0 Å². The van der Waals surface area contributed by atoms with Crippen LogP contribution >= 0.6 is 11.6 Å². The first-order chi connectivity index (χ1) is 6.70.